The van der Waals surface area contributed by atoms with E-state index >= 15 is 0 Å². The lowest BCUT2D eigenvalue weighted by Gasteiger charge is -2.17. The molecule has 3 nitrogen and oxygen atoms in total. The molecule has 0 bridgehead atoms. The molecule has 0 aliphatic heterocycles. The van der Waals surface area contributed by atoms with Crippen molar-refractivity contribution in [2.75, 3.05) is 0 Å². The zero-order valence-electron chi connectivity index (χ0n) is 18.7. The van der Waals surface area contributed by atoms with Gasteiger partial charge >= 0.3 is 0 Å². The largest absolute Gasteiger partial charge is 0.453 e. The quantitative estimate of drug-likeness (QED) is 0.283. The molecule has 0 radical (unpaired) electrons. The zero-order valence-corrected chi connectivity index (χ0v) is 18.5. The van der Waals surface area contributed by atoms with Crippen molar-refractivity contribution < 1.29 is 5.79 Å². The molecule has 6 rings (SSSR count). The van der Waals surface area contributed by atoms with Gasteiger partial charge in [0.15, 0.2) is 5.58 Å². The summed E-state index contributed by atoms with van der Waals surface area (Å²) < 4.78 is 16.9. The Bertz CT molecular complexity index is 1660. The fraction of sp³-hybridized carbons (Fsp3) is 0.185. The molecule has 3 heterocycles. The van der Waals surface area contributed by atoms with Crippen LogP contribution in [-0.2, 0) is 6.42 Å². The van der Waals surface area contributed by atoms with E-state index in [0.717, 1.165) is 59.9 Å². The Labute approximate surface area is 185 Å². The molecule has 0 aliphatic carbocycles. The third-order valence-corrected chi connectivity index (χ3v) is 6.79. The minimum Gasteiger partial charge on any atom is -0.453 e. The molecular weight excluding hydrogens is 400 g/mol. The van der Waals surface area contributed by atoms with Gasteiger partial charge in [0, 0.05) is 10.9 Å². The predicted molar refractivity (Wildman–Crippen MR) is 131 cm³/mol. The van der Waals surface area contributed by atoms with Gasteiger partial charge < -0.3 is 4.42 Å². The summed E-state index contributed by atoms with van der Waals surface area (Å²) in [5.41, 5.74) is 5.87. The van der Waals surface area contributed by atoms with E-state index in [2.05, 4.69) is 55.0 Å². The van der Waals surface area contributed by atoms with E-state index in [0.29, 0.717) is 6.04 Å². The van der Waals surface area contributed by atoms with Crippen LogP contribution in [0.5, 0.6) is 0 Å². The van der Waals surface area contributed by atoms with E-state index in [4.69, 9.17) is 5.79 Å². The monoisotopic (exact) mass is 423 g/mol. The first-order valence-electron chi connectivity index (χ1n) is 11.0. The molecule has 0 N–H and O–H groups in total. The minimum atomic E-state index is 0.222. The molecule has 0 aliphatic rings. The van der Waals surface area contributed by atoms with Crippen molar-refractivity contribution in [2.45, 2.75) is 27.2 Å². The molecule has 6 aromatic rings. The summed E-state index contributed by atoms with van der Waals surface area (Å²) in [4.78, 5) is 9.20. The van der Waals surface area contributed by atoms with Gasteiger partial charge in [-0.05, 0) is 46.4 Å². The highest BCUT2D eigenvalue weighted by molar-refractivity contribution is 7.27. The number of hydrogen-bond acceptors (Lipinski definition) is 4. The average Bonchev–Trinajstić information content (AvgIpc) is 3.29. The average molecular weight is 424 g/mol. The summed E-state index contributed by atoms with van der Waals surface area (Å²) in [7, 11) is 0. The topological polar surface area (TPSA) is 38.9 Å². The number of furan rings is 1. The van der Waals surface area contributed by atoms with Crippen molar-refractivity contribution >= 4 is 53.6 Å². The predicted octanol–water partition coefficient (Wildman–Crippen LogP) is 8.00. The first kappa shape index (κ1) is 17.4. The van der Waals surface area contributed by atoms with Gasteiger partial charge in [0.25, 0.3) is 0 Å². The number of nitrogens with zero attached hydrogens (tertiary/aromatic N) is 2. The van der Waals surface area contributed by atoms with Crippen LogP contribution in [0.4, 0.5) is 0 Å². The highest BCUT2D eigenvalue weighted by Crippen LogP contribution is 2.43. The van der Waals surface area contributed by atoms with E-state index in [-0.39, 0.29) is 5.41 Å². The molecule has 31 heavy (non-hydrogen) atoms. The fourth-order valence-corrected chi connectivity index (χ4v) is 5.51. The molecule has 0 saturated heterocycles. The van der Waals surface area contributed by atoms with Crippen LogP contribution >= 0.6 is 11.3 Å². The summed E-state index contributed by atoms with van der Waals surface area (Å²) >= 11 is 1.68. The Hall–Kier alpha value is -3.24. The van der Waals surface area contributed by atoms with Crippen LogP contribution < -0.4 is 0 Å². The van der Waals surface area contributed by atoms with Crippen LogP contribution in [0.15, 0.2) is 71.4 Å². The molecule has 0 amide bonds. The first-order chi connectivity index (χ1) is 15.4. The molecule has 0 unspecified atom stereocenters. The third kappa shape index (κ3) is 3.10. The summed E-state index contributed by atoms with van der Waals surface area (Å²) in [5, 5.41) is 3.12. The number of thiophene rings is 1. The lowest BCUT2D eigenvalue weighted by molar-refractivity contribution is 0.411. The lowest BCUT2D eigenvalue weighted by atomic mass is 9.88. The summed E-state index contributed by atoms with van der Waals surface area (Å²) in [5.74, 6) is 0. The summed E-state index contributed by atoms with van der Waals surface area (Å²) in [6.07, 6.45) is 2.61. The Morgan fingerprint density at radius 2 is 1.81 bits per heavy atom. The number of rotatable bonds is 2. The standard InChI is InChI=1S/C27H22N2OS/c1-27(2,3)14-16-8-11-21-20(12-16)25-24(30-21)23-26(31-25)22(28-15-29-23)19-10-9-17-6-4-5-7-18(17)13-19/h4-13,15H,14H2,1-3H3/i9D. The van der Waals surface area contributed by atoms with Gasteiger partial charge in [0.2, 0.25) is 0 Å². The van der Waals surface area contributed by atoms with Crippen molar-refractivity contribution in [3.8, 4) is 11.3 Å². The van der Waals surface area contributed by atoms with Gasteiger partial charge in [-0.15, -0.1) is 11.3 Å². The fourth-order valence-electron chi connectivity index (χ4n) is 4.30. The molecule has 4 heteroatoms. The van der Waals surface area contributed by atoms with Crippen LogP contribution in [-0.4, -0.2) is 9.97 Å². The van der Waals surface area contributed by atoms with Crippen molar-refractivity contribution in [1.29, 1.82) is 0 Å². The molecule has 0 fully saturated rings. The van der Waals surface area contributed by atoms with E-state index < -0.39 is 0 Å². The molecule has 0 spiro atoms. The Kier molecular flexibility index (Phi) is 3.73. The summed E-state index contributed by atoms with van der Waals surface area (Å²) in [6.45, 7) is 6.77. The lowest BCUT2D eigenvalue weighted by Crippen LogP contribution is -2.08. The number of hydrogen-bond donors (Lipinski definition) is 0. The minimum absolute atomic E-state index is 0.222. The van der Waals surface area contributed by atoms with Gasteiger partial charge in [-0.1, -0.05) is 63.2 Å². The third-order valence-electron chi connectivity index (χ3n) is 5.59. The molecule has 0 atom stereocenters. The zero-order chi connectivity index (χ0) is 22.0. The van der Waals surface area contributed by atoms with Gasteiger partial charge in [0.1, 0.15) is 17.4 Å². The Morgan fingerprint density at radius 3 is 2.65 bits per heavy atom. The van der Waals surface area contributed by atoms with Crippen LogP contribution in [0.1, 0.15) is 27.7 Å². The van der Waals surface area contributed by atoms with Gasteiger partial charge in [-0.3, -0.25) is 0 Å². The van der Waals surface area contributed by atoms with Gasteiger partial charge in [-0.2, -0.15) is 0 Å². The normalized spacial score (nSPS) is 12.9. The molecular formula is C27H22N2OS. The Balaban J connectivity index is 1.59. The number of benzene rings is 3. The van der Waals surface area contributed by atoms with E-state index in [1.165, 1.54) is 5.56 Å². The van der Waals surface area contributed by atoms with Crippen molar-refractivity contribution in [1.82, 2.24) is 9.97 Å². The smallest absolute Gasteiger partial charge is 0.172 e. The van der Waals surface area contributed by atoms with E-state index in [1.54, 1.807) is 17.7 Å². The van der Waals surface area contributed by atoms with Gasteiger partial charge in [0.05, 0.1) is 16.5 Å². The van der Waals surface area contributed by atoms with Crippen LogP contribution in [0.3, 0.4) is 0 Å². The van der Waals surface area contributed by atoms with E-state index in [1.807, 2.05) is 30.3 Å². The van der Waals surface area contributed by atoms with Gasteiger partial charge in [-0.25, -0.2) is 9.97 Å². The number of fused-ring (bicyclic) bond motifs is 6. The summed E-state index contributed by atoms with van der Waals surface area (Å²) in [6, 6.07) is 19.0. The highest BCUT2D eigenvalue weighted by Gasteiger charge is 2.20. The van der Waals surface area contributed by atoms with E-state index in [9.17, 15) is 0 Å². The maximum Gasteiger partial charge on any atom is 0.172 e. The van der Waals surface area contributed by atoms with Crippen molar-refractivity contribution in [3.05, 3.63) is 72.5 Å². The van der Waals surface area contributed by atoms with Crippen molar-refractivity contribution in [2.24, 2.45) is 5.41 Å². The van der Waals surface area contributed by atoms with Crippen molar-refractivity contribution in [3.63, 3.8) is 0 Å². The maximum absolute atomic E-state index is 8.48. The maximum atomic E-state index is 8.48. The second-order valence-electron chi connectivity index (χ2n) is 9.31. The number of aromatic nitrogens is 2. The molecule has 3 aromatic carbocycles. The highest BCUT2D eigenvalue weighted by atomic mass is 32.1. The molecule has 152 valence electrons. The molecule has 3 aromatic heterocycles. The molecule has 0 saturated carbocycles. The second kappa shape index (κ2) is 6.63. The Morgan fingerprint density at radius 1 is 0.968 bits per heavy atom. The van der Waals surface area contributed by atoms with Crippen LogP contribution in [0, 0.1) is 5.41 Å². The van der Waals surface area contributed by atoms with Crippen LogP contribution in [0.2, 0.25) is 0 Å². The first-order valence-corrected chi connectivity index (χ1v) is 11.3. The SMILES string of the molecule is [2H]c1cc(-c2ncnc3c2sc2c4cc(CC(C)(C)C)ccc4oc32)cc2ccccc12. The van der Waals surface area contributed by atoms with Crippen LogP contribution in [0.25, 0.3) is 53.5 Å². The second-order valence-corrected chi connectivity index (χ2v) is 10.3.